The second-order valence-corrected chi connectivity index (χ2v) is 12.6. The smallest absolute Gasteiger partial charge is 0.262 e. The number of piperidine rings is 1. The number of fused-ring (bicyclic) bond motifs is 3. The molecule has 2 atom stereocenters. The summed E-state index contributed by atoms with van der Waals surface area (Å²) in [4.78, 5) is 37.0. The number of nitrogens with zero attached hydrogens (tertiary/aromatic N) is 5. The molecule has 1 saturated carbocycles. The summed E-state index contributed by atoms with van der Waals surface area (Å²) in [7, 11) is 3.51. The van der Waals surface area contributed by atoms with Crippen molar-refractivity contribution in [2.24, 2.45) is 18.7 Å². The lowest BCUT2D eigenvalue weighted by Crippen LogP contribution is -2.50. The van der Waals surface area contributed by atoms with E-state index in [1.54, 1.807) is 19.2 Å². The van der Waals surface area contributed by atoms with E-state index in [4.69, 9.17) is 25.2 Å². The Labute approximate surface area is 264 Å². The summed E-state index contributed by atoms with van der Waals surface area (Å²) in [5.74, 6) is 1.94. The number of carbonyl (C=O) groups is 2. The molecule has 1 saturated heterocycles. The standard InChI is InChI=1S/C34H34FN7O4/c1-40-31-26(10-21(12-29(31)45-2)34(44)41-15-22(35)13-23(36)16-41)39-33(40)27-11-20-5-7-24(38-32(20)42(27)14-18-3-4-18)19-6-8-28-25(9-19)37-30(43)17-46-28/h5-12,18,22-23H,3-4,13-17,36H2,1-2H3,(H,37,43)/t22-,23-/m1/s1. The number of nitrogens with one attached hydrogen (secondary N) is 1. The van der Waals surface area contributed by atoms with Crippen LogP contribution in [0, 0.1) is 5.92 Å². The van der Waals surface area contributed by atoms with E-state index in [0.717, 1.165) is 58.7 Å². The molecule has 12 heteroatoms. The molecule has 5 aromatic rings. The highest BCUT2D eigenvalue weighted by molar-refractivity contribution is 6.00. The largest absolute Gasteiger partial charge is 0.494 e. The SMILES string of the molecule is COc1cc(C(=O)N2C[C@H](N)C[C@@H](F)C2)cc2nc(-c3cc4ccc(-c5ccc6c(c5)NC(=O)CO6)nc4n3CC3CC3)n(C)c12. The Balaban J connectivity index is 1.22. The van der Waals surface area contributed by atoms with E-state index in [0.29, 0.717) is 40.7 Å². The first-order chi connectivity index (χ1) is 22.2. The van der Waals surface area contributed by atoms with Crippen LogP contribution in [-0.2, 0) is 18.4 Å². The van der Waals surface area contributed by atoms with Crippen LogP contribution in [0.25, 0.3) is 44.8 Å². The van der Waals surface area contributed by atoms with E-state index in [9.17, 15) is 14.0 Å². The molecule has 1 aliphatic carbocycles. The Hall–Kier alpha value is -4.97. The van der Waals surface area contributed by atoms with Crippen molar-refractivity contribution in [3.8, 4) is 34.3 Å². The fourth-order valence-corrected chi connectivity index (χ4v) is 6.70. The fourth-order valence-electron chi connectivity index (χ4n) is 6.70. The van der Waals surface area contributed by atoms with E-state index in [-0.39, 0.29) is 31.4 Å². The number of benzene rings is 2. The quantitative estimate of drug-likeness (QED) is 0.285. The van der Waals surface area contributed by atoms with Crippen LogP contribution in [0.1, 0.15) is 29.6 Å². The second-order valence-electron chi connectivity index (χ2n) is 12.6. The zero-order valence-corrected chi connectivity index (χ0v) is 25.6. The lowest BCUT2D eigenvalue weighted by molar-refractivity contribution is -0.118. The van der Waals surface area contributed by atoms with Crippen LogP contribution in [0.2, 0.25) is 0 Å². The number of imidazole rings is 1. The summed E-state index contributed by atoms with van der Waals surface area (Å²) >= 11 is 0. The lowest BCUT2D eigenvalue weighted by Gasteiger charge is -2.33. The van der Waals surface area contributed by atoms with E-state index < -0.39 is 12.2 Å². The predicted molar refractivity (Wildman–Crippen MR) is 172 cm³/mol. The van der Waals surface area contributed by atoms with Crippen molar-refractivity contribution in [2.75, 3.05) is 32.1 Å². The van der Waals surface area contributed by atoms with Crippen LogP contribution in [0.3, 0.4) is 0 Å². The molecule has 2 aliphatic heterocycles. The highest BCUT2D eigenvalue weighted by Gasteiger charge is 2.31. The van der Waals surface area contributed by atoms with Gasteiger partial charge in [0.15, 0.2) is 12.4 Å². The first-order valence-electron chi connectivity index (χ1n) is 15.6. The maximum absolute atomic E-state index is 14.3. The average molecular weight is 624 g/mol. The van der Waals surface area contributed by atoms with Crippen molar-refractivity contribution >= 4 is 39.6 Å². The molecule has 2 aromatic carbocycles. The lowest BCUT2D eigenvalue weighted by atomic mass is 10.0. The molecular formula is C34H34FN7O4. The Morgan fingerprint density at radius 2 is 1.98 bits per heavy atom. The van der Waals surface area contributed by atoms with E-state index >= 15 is 0 Å². The molecule has 0 spiro atoms. The number of hydrogen-bond donors (Lipinski definition) is 2. The Kier molecular flexibility index (Phi) is 6.71. The number of carbonyl (C=O) groups excluding carboxylic acids is 2. The predicted octanol–water partition coefficient (Wildman–Crippen LogP) is 4.52. The number of hydrogen-bond acceptors (Lipinski definition) is 7. The minimum absolute atomic E-state index is 0.00637. The maximum Gasteiger partial charge on any atom is 0.262 e. The number of aryl methyl sites for hydroxylation is 1. The summed E-state index contributed by atoms with van der Waals surface area (Å²) in [6.45, 7) is 1.13. The number of nitrogens with two attached hydrogens (primary N) is 1. The van der Waals surface area contributed by atoms with Gasteiger partial charge in [0.05, 0.1) is 36.2 Å². The van der Waals surface area contributed by atoms with Gasteiger partial charge >= 0.3 is 0 Å². The molecule has 3 aliphatic rings. The molecule has 11 nitrogen and oxygen atoms in total. The molecule has 2 amide bonds. The number of pyridine rings is 1. The molecule has 3 N–H and O–H groups in total. The van der Waals surface area contributed by atoms with Crippen LogP contribution in [-0.4, -0.2) is 74.8 Å². The normalized spacial score (nSPS) is 19.7. The van der Waals surface area contributed by atoms with Gasteiger partial charge in [-0.15, -0.1) is 0 Å². The van der Waals surface area contributed by atoms with Crippen LogP contribution in [0.15, 0.2) is 48.5 Å². The molecule has 5 heterocycles. The first kappa shape index (κ1) is 28.5. The van der Waals surface area contributed by atoms with Gasteiger partial charge in [0.2, 0.25) is 0 Å². The highest BCUT2D eigenvalue weighted by Crippen LogP contribution is 2.39. The minimum Gasteiger partial charge on any atom is -0.494 e. The van der Waals surface area contributed by atoms with Crippen molar-refractivity contribution in [3.63, 3.8) is 0 Å². The number of methoxy groups -OCH3 is 1. The summed E-state index contributed by atoms with van der Waals surface area (Å²) in [6, 6.07) is 14.9. The van der Waals surface area contributed by atoms with Gasteiger partial charge in [-0.05, 0) is 73.7 Å². The van der Waals surface area contributed by atoms with Gasteiger partial charge in [0.25, 0.3) is 11.8 Å². The Bertz CT molecular complexity index is 2040. The van der Waals surface area contributed by atoms with Crippen LogP contribution in [0.4, 0.5) is 10.1 Å². The molecule has 46 heavy (non-hydrogen) atoms. The number of alkyl halides is 1. The van der Waals surface area contributed by atoms with Crippen LogP contribution >= 0.6 is 0 Å². The average Bonchev–Trinajstić information content (AvgIpc) is 3.72. The maximum atomic E-state index is 14.3. The molecular weight excluding hydrogens is 589 g/mol. The van der Waals surface area contributed by atoms with Crippen molar-refractivity contribution in [1.82, 2.24) is 24.0 Å². The number of ether oxygens (including phenoxy) is 2. The van der Waals surface area contributed by atoms with Gasteiger partial charge in [-0.2, -0.15) is 0 Å². The number of likely N-dealkylation sites (tertiary alicyclic amines) is 1. The third kappa shape index (κ3) is 4.93. The van der Waals surface area contributed by atoms with E-state index in [1.165, 1.54) is 4.90 Å². The van der Waals surface area contributed by atoms with E-state index in [2.05, 4.69) is 22.0 Å². The molecule has 3 aromatic heterocycles. The molecule has 0 bridgehead atoms. The van der Waals surface area contributed by atoms with Gasteiger partial charge in [0.1, 0.15) is 28.8 Å². The molecule has 2 fully saturated rings. The molecule has 0 unspecified atom stereocenters. The number of amides is 2. The van der Waals surface area contributed by atoms with Crippen molar-refractivity contribution < 1.29 is 23.5 Å². The molecule has 236 valence electrons. The summed E-state index contributed by atoms with van der Waals surface area (Å²) < 4.78 is 29.8. The summed E-state index contributed by atoms with van der Waals surface area (Å²) in [5, 5.41) is 3.85. The number of anilines is 1. The second kappa shape index (κ2) is 10.8. The summed E-state index contributed by atoms with van der Waals surface area (Å²) in [6.07, 6.45) is 1.42. The summed E-state index contributed by atoms with van der Waals surface area (Å²) in [5.41, 5.74) is 11.8. The van der Waals surface area contributed by atoms with Crippen molar-refractivity contribution in [2.45, 2.75) is 38.0 Å². The van der Waals surface area contributed by atoms with Gasteiger partial charge in [0, 0.05) is 42.7 Å². The number of rotatable bonds is 6. The number of aromatic nitrogens is 4. The third-order valence-corrected chi connectivity index (χ3v) is 9.14. The topological polar surface area (TPSA) is 130 Å². The van der Waals surface area contributed by atoms with Crippen LogP contribution < -0.4 is 20.5 Å². The van der Waals surface area contributed by atoms with Crippen molar-refractivity contribution in [1.29, 1.82) is 0 Å². The van der Waals surface area contributed by atoms with Crippen LogP contribution in [0.5, 0.6) is 11.5 Å². The van der Waals surface area contributed by atoms with Gasteiger partial charge in [-0.3, -0.25) is 9.59 Å². The zero-order valence-electron chi connectivity index (χ0n) is 25.6. The highest BCUT2D eigenvalue weighted by atomic mass is 19.1. The zero-order chi connectivity index (χ0) is 31.7. The third-order valence-electron chi connectivity index (χ3n) is 9.14. The van der Waals surface area contributed by atoms with Gasteiger partial charge < -0.3 is 34.6 Å². The fraction of sp³-hybridized carbons (Fsp3) is 0.353. The van der Waals surface area contributed by atoms with Gasteiger partial charge in [-0.1, -0.05) is 0 Å². The molecule has 8 rings (SSSR count). The number of halogens is 1. The minimum atomic E-state index is -1.15. The van der Waals surface area contributed by atoms with E-state index in [1.807, 2.05) is 35.9 Å². The molecule has 0 radical (unpaired) electrons. The van der Waals surface area contributed by atoms with Gasteiger partial charge in [-0.25, -0.2) is 14.4 Å². The monoisotopic (exact) mass is 623 g/mol. The first-order valence-corrected chi connectivity index (χ1v) is 15.6. The Morgan fingerprint density at radius 1 is 1.13 bits per heavy atom. The van der Waals surface area contributed by atoms with Crippen molar-refractivity contribution in [3.05, 3.63) is 54.1 Å². The Morgan fingerprint density at radius 3 is 2.76 bits per heavy atom.